The average Bonchev–Trinajstić information content (AvgIpc) is 3.22. The van der Waals surface area contributed by atoms with E-state index >= 15 is 0 Å². The minimum absolute atomic E-state index is 0.246. The molecule has 0 aliphatic heterocycles. The van der Waals surface area contributed by atoms with Gasteiger partial charge in [-0.1, -0.05) is 18.2 Å². The van der Waals surface area contributed by atoms with Crippen molar-refractivity contribution < 1.29 is 9.84 Å². The van der Waals surface area contributed by atoms with E-state index in [1.165, 1.54) is 12.8 Å². The highest BCUT2D eigenvalue weighted by Gasteiger charge is 2.21. The van der Waals surface area contributed by atoms with Crippen LogP contribution in [0.5, 0.6) is 0 Å². The molecule has 5 nitrogen and oxygen atoms in total. The van der Waals surface area contributed by atoms with Gasteiger partial charge in [-0.15, -0.1) is 0 Å². The number of hydrogen-bond donors (Lipinski definition) is 3. The highest BCUT2D eigenvalue weighted by Crippen LogP contribution is 2.28. The number of nitrogens with one attached hydrogen (secondary N) is 1. The van der Waals surface area contributed by atoms with Gasteiger partial charge in [-0.3, -0.25) is 4.99 Å². The number of rotatable bonds is 7. The monoisotopic (exact) mass is 263 g/mol. The molecule has 1 saturated carbocycles. The average molecular weight is 263 g/mol. The van der Waals surface area contributed by atoms with Gasteiger partial charge in [0.15, 0.2) is 5.96 Å². The molecular formula is C14H21N3O2. The molecule has 1 aromatic carbocycles. The molecule has 1 unspecified atom stereocenters. The summed E-state index contributed by atoms with van der Waals surface area (Å²) >= 11 is 0. The van der Waals surface area contributed by atoms with Crippen LogP contribution in [0.2, 0.25) is 0 Å². The molecule has 4 N–H and O–H groups in total. The number of nitrogens with zero attached hydrogens (tertiary/aromatic N) is 1. The first-order valence-corrected chi connectivity index (χ1v) is 6.62. The molecule has 0 amide bonds. The van der Waals surface area contributed by atoms with Crippen LogP contribution >= 0.6 is 0 Å². The summed E-state index contributed by atoms with van der Waals surface area (Å²) < 4.78 is 5.39. The van der Waals surface area contributed by atoms with Crippen LogP contribution in [-0.2, 0) is 4.74 Å². The number of benzene rings is 1. The quantitative estimate of drug-likeness (QED) is 0.510. The van der Waals surface area contributed by atoms with Crippen molar-refractivity contribution in [1.29, 1.82) is 0 Å². The van der Waals surface area contributed by atoms with E-state index in [4.69, 9.17) is 10.5 Å². The number of hydrogen-bond acceptors (Lipinski definition) is 3. The second-order valence-corrected chi connectivity index (χ2v) is 4.85. The number of nitrogens with two attached hydrogens (primary N) is 1. The molecule has 0 aromatic heterocycles. The molecule has 0 bridgehead atoms. The summed E-state index contributed by atoms with van der Waals surface area (Å²) in [6.45, 7) is 1.31. The highest BCUT2D eigenvalue weighted by molar-refractivity contribution is 5.92. The largest absolute Gasteiger partial charge is 0.389 e. The zero-order valence-electron chi connectivity index (χ0n) is 11.0. The SMILES string of the molecule is NC(=NCC(O)COCC1CC1)Nc1ccccc1. The Hall–Kier alpha value is -1.59. The van der Waals surface area contributed by atoms with Crippen LogP contribution in [-0.4, -0.2) is 36.9 Å². The van der Waals surface area contributed by atoms with Crippen molar-refractivity contribution in [2.75, 3.05) is 25.1 Å². The summed E-state index contributed by atoms with van der Waals surface area (Å²) in [4.78, 5) is 4.09. The predicted molar refractivity (Wildman–Crippen MR) is 76.1 cm³/mol. The summed E-state index contributed by atoms with van der Waals surface area (Å²) in [5, 5.41) is 12.6. The molecule has 104 valence electrons. The number of para-hydroxylation sites is 1. The number of aliphatic imine (C=N–C) groups is 1. The van der Waals surface area contributed by atoms with Crippen molar-refractivity contribution in [3.05, 3.63) is 30.3 Å². The van der Waals surface area contributed by atoms with Crippen LogP contribution in [0, 0.1) is 5.92 Å². The minimum Gasteiger partial charge on any atom is -0.389 e. The van der Waals surface area contributed by atoms with Gasteiger partial charge in [0.05, 0.1) is 19.3 Å². The Morgan fingerprint density at radius 1 is 1.42 bits per heavy atom. The Balaban J connectivity index is 1.65. The summed E-state index contributed by atoms with van der Waals surface area (Å²) in [6.07, 6.45) is 1.90. The third-order valence-electron chi connectivity index (χ3n) is 2.88. The molecule has 2 rings (SSSR count). The molecule has 0 radical (unpaired) electrons. The zero-order chi connectivity index (χ0) is 13.5. The smallest absolute Gasteiger partial charge is 0.193 e. The standard InChI is InChI=1S/C14H21N3O2/c15-14(17-12-4-2-1-3-5-12)16-8-13(18)10-19-9-11-6-7-11/h1-5,11,13,18H,6-10H2,(H3,15,16,17). The van der Waals surface area contributed by atoms with Crippen molar-refractivity contribution in [2.45, 2.75) is 18.9 Å². The van der Waals surface area contributed by atoms with Crippen LogP contribution in [0.3, 0.4) is 0 Å². The molecule has 1 aliphatic rings. The molecule has 0 spiro atoms. The van der Waals surface area contributed by atoms with Crippen molar-refractivity contribution in [3.63, 3.8) is 0 Å². The maximum Gasteiger partial charge on any atom is 0.193 e. The lowest BCUT2D eigenvalue weighted by Gasteiger charge is -2.10. The summed E-state index contributed by atoms with van der Waals surface area (Å²) in [7, 11) is 0. The molecule has 1 aromatic rings. The van der Waals surface area contributed by atoms with Crippen molar-refractivity contribution in [1.82, 2.24) is 0 Å². The lowest BCUT2D eigenvalue weighted by atomic mass is 10.3. The van der Waals surface area contributed by atoms with Crippen molar-refractivity contribution >= 4 is 11.6 Å². The summed E-state index contributed by atoms with van der Waals surface area (Å²) in [5.74, 6) is 1.01. The molecule has 1 fully saturated rings. The van der Waals surface area contributed by atoms with Gasteiger partial charge in [0.2, 0.25) is 0 Å². The van der Waals surface area contributed by atoms with E-state index in [2.05, 4.69) is 10.3 Å². The van der Waals surface area contributed by atoms with E-state index < -0.39 is 6.10 Å². The Morgan fingerprint density at radius 3 is 2.84 bits per heavy atom. The maximum atomic E-state index is 9.68. The highest BCUT2D eigenvalue weighted by atomic mass is 16.5. The zero-order valence-corrected chi connectivity index (χ0v) is 11.0. The van der Waals surface area contributed by atoms with E-state index in [1.54, 1.807) is 0 Å². The van der Waals surface area contributed by atoms with Gasteiger partial charge in [0.1, 0.15) is 0 Å². The van der Waals surface area contributed by atoms with E-state index in [-0.39, 0.29) is 6.54 Å². The number of aliphatic hydroxyl groups is 1. The molecule has 1 aliphatic carbocycles. The van der Waals surface area contributed by atoms with Gasteiger partial charge >= 0.3 is 0 Å². The normalized spacial score (nSPS) is 17.2. The lowest BCUT2D eigenvalue weighted by Crippen LogP contribution is -2.26. The third kappa shape index (κ3) is 5.72. The number of ether oxygens (including phenoxy) is 1. The Bertz CT molecular complexity index is 404. The molecule has 0 heterocycles. The fourth-order valence-corrected chi connectivity index (χ4v) is 1.62. The van der Waals surface area contributed by atoms with Crippen LogP contribution in [0.15, 0.2) is 35.3 Å². The van der Waals surface area contributed by atoms with Gasteiger partial charge in [0, 0.05) is 12.3 Å². The maximum absolute atomic E-state index is 9.68. The lowest BCUT2D eigenvalue weighted by molar-refractivity contribution is 0.0369. The summed E-state index contributed by atoms with van der Waals surface area (Å²) in [6, 6.07) is 9.56. The molecule has 5 heteroatoms. The van der Waals surface area contributed by atoms with E-state index in [0.717, 1.165) is 12.3 Å². The van der Waals surface area contributed by atoms with Crippen LogP contribution in [0.25, 0.3) is 0 Å². The van der Waals surface area contributed by atoms with Gasteiger partial charge < -0.3 is 20.9 Å². The Kier molecular flexibility index (Phi) is 5.18. The topological polar surface area (TPSA) is 79.9 Å². The van der Waals surface area contributed by atoms with Crippen LogP contribution < -0.4 is 11.1 Å². The van der Waals surface area contributed by atoms with Crippen LogP contribution in [0.1, 0.15) is 12.8 Å². The second-order valence-electron chi connectivity index (χ2n) is 4.85. The first kappa shape index (κ1) is 13.8. The number of aliphatic hydroxyl groups excluding tert-OH is 1. The Morgan fingerprint density at radius 2 is 2.16 bits per heavy atom. The molecule has 0 saturated heterocycles. The summed E-state index contributed by atoms with van der Waals surface area (Å²) in [5.41, 5.74) is 6.61. The van der Waals surface area contributed by atoms with E-state index in [1.807, 2.05) is 30.3 Å². The third-order valence-corrected chi connectivity index (χ3v) is 2.88. The second kappa shape index (κ2) is 7.11. The minimum atomic E-state index is -0.602. The molecule has 19 heavy (non-hydrogen) atoms. The number of guanidine groups is 1. The predicted octanol–water partition coefficient (Wildman–Crippen LogP) is 1.20. The van der Waals surface area contributed by atoms with Crippen molar-refractivity contribution in [2.24, 2.45) is 16.6 Å². The van der Waals surface area contributed by atoms with Crippen LogP contribution in [0.4, 0.5) is 5.69 Å². The van der Waals surface area contributed by atoms with Crippen molar-refractivity contribution in [3.8, 4) is 0 Å². The Labute approximate surface area is 113 Å². The van der Waals surface area contributed by atoms with Gasteiger partial charge in [-0.25, -0.2) is 0 Å². The van der Waals surface area contributed by atoms with Gasteiger partial charge in [-0.2, -0.15) is 0 Å². The number of anilines is 1. The molecule has 1 atom stereocenters. The van der Waals surface area contributed by atoms with E-state index in [9.17, 15) is 5.11 Å². The van der Waals surface area contributed by atoms with Gasteiger partial charge in [0.25, 0.3) is 0 Å². The van der Waals surface area contributed by atoms with Gasteiger partial charge in [-0.05, 0) is 30.9 Å². The fraction of sp³-hybridized carbons (Fsp3) is 0.500. The molecular weight excluding hydrogens is 242 g/mol. The van der Waals surface area contributed by atoms with E-state index in [0.29, 0.717) is 18.5 Å². The first-order chi connectivity index (χ1) is 9.24. The fourth-order valence-electron chi connectivity index (χ4n) is 1.62. The first-order valence-electron chi connectivity index (χ1n) is 6.62.